The number of aromatic nitrogens is 4. The van der Waals surface area contributed by atoms with Crippen LogP contribution in [0.15, 0.2) is 34.1 Å². The zero-order valence-electron chi connectivity index (χ0n) is 19.7. The van der Waals surface area contributed by atoms with Crippen LogP contribution in [-0.2, 0) is 25.4 Å². The first-order chi connectivity index (χ1) is 15.8. The zero-order chi connectivity index (χ0) is 23.7. The molecule has 33 heavy (non-hydrogen) atoms. The van der Waals surface area contributed by atoms with Crippen molar-refractivity contribution in [2.24, 2.45) is 14.1 Å². The number of carbonyl (C=O) groups is 1. The average molecular weight is 454 g/mol. The van der Waals surface area contributed by atoms with Crippen molar-refractivity contribution in [3.05, 3.63) is 50.9 Å². The summed E-state index contributed by atoms with van der Waals surface area (Å²) in [5, 5.41) is 2.97. The van der Waals surface area contributed by atoms with Gasteiger partial charge in [0.25, 0.3) is 5.56 Å². The smallest absolute Gasteiger partial charge is 0.332 e. The number of benzene rings is 1. The third kappa shape index (κ3) is 4.56. The molecule has 0 bridgehead atoms. The molecular formula is C23H31N7O3. The van der Waals surface area contributed by atoms with Gasteiger partial charge in [-0.25, -0.2) is 9.78 Å². The number of anilines is 2. The van der Waals surface area contributed by atoms with Crippen LogP contribution in [0.4, 0.5) is 11.4 Å². The zero-order valence-corrected chi connectivity index (χ0v) is 19.7. The summed E-state index contributed by atoms with van der Waals surface area (Å²) in [6.45, 7) is 6.63. The number of piperazine rings is 1. The Hall–Kier alpha value is -3.40. The van der Waals surface area contributed by atoms with Crippen LogP contribution in [0.25, 0.3) is 11.2 Å². The largest absolute Gasteiger partial charge is 0.369 e. The Bertz CT molecular complexity index is 1300. The Labute approximate surface area is 192 Å². The number of hydrogen-bond donors (Lipinski definition) is 1. The summed E-state index contributed by atoms with van der Waals surface area (Å²) in [7, 11) is 5.18. The number of rotatable bonds is 6. The van der Waals surface area contributed by atoms with Crippen LogP contribution in [0.3, 0.4) is 0 Å². The minimum absolute atomic E-state index is 0.0773. The molecule has 0 unspecified atom stereocenters. The monoisotopic (exact) mass is 453 g/mol. The molecule has 1 N–H and O–H groups in total. The summed E-state index contributed by atoms with van der Waals surface area (Å²) in [5.41, 5.74) is 3.07. The third-order valence-electron chi connectivity index (χ3n) is 6.34. The van der Waals surface area contributed by atoms with Crippen molar-refractivity contribution in [2.75, 3.05) is 43.4 Å². The fourth-order valence-electron chi connectivity index (χ4n) is 4.34. The minimum atomic E-state index is -0.411. The van der Waals surface area contributed by atoms with E-state index in [4.69, 9.17) is 0 Å². The van der Waals surface area contributed by atoms with Crippen LogP contribution in [0, 0.1) is 6.92 Å². The highest BCUT2D eigenvalue weighted by Gasteiger charge is 2.17. The lowest BCUT2D eigenvalue weighted by Gasteiger charge is -2.35. The molecule has 3 aromatic rings. The molecule has 1 aliphatic rings. The van der Waals surface area contributed by atoms with Crippen LogP contribution >= 0.6 is 0 Å². The van der Waals surface area contributed by atoms with E-state index in [2.05, 4.69) is 40.1 Å². The van der Waals surface area contributed by atoms with Gasteiger partial charge in [-0.3, -0.25) is 18.7 Å². The second kappa shape index (κ2) is 9.22. The SMILES string of the molecule is Cc1cc(NC(=O)CCCn2cnc3c2c(=O)n(C)c(=O)n3C)ccc1N1CCN(C)CC1. The number of imidazole rings is 1. The van der Waals surface area contributed by atoms with Crippen LogP contribution in [-0.4, -0.2) is 62.7 Å². The fraction of sp³-hybridized carbons (Fsp3) is 0.478. The van der Waals surface area contributed by atoms with Gasteiger partial charge in [-0.2, -0.15) is 0 Å². The molecule has 1 aromatic carbocycles. The second-order valence-corrected chi connectivity index (χ2v) is 8.76. The summed E-state index contributed by atoms with van der Waals surface area (Å²) < 4.78 is 4.13. The van der Waals surface area contributed by atoms with Crippen molar-refractivity contribution in [3.8, 4) is 0 Å². The van der Waals surface area contributed by atoms with Crippen LogP contribution in [0.1, 0.15) is 18.4 Å². The van der Waals surface area contributed by atoms with E-state index in [-0.39, 0.29) is 11.5 Å². The van der Waals surface area contributed by atoms with Gasteiger partial charge in [0.05, 0.1) is 6.33 Å². The van der Waals surface area contributed by atoms with E-state index in [1.807, 2.05) is 12.1 Å². The first-order valence-electron chi connectivity index (χ1n) is 11.2. The van der Waals surface area contributed by atoms with Gasteiger partial charge in [-0.05, 0) is 44.2 Å². The number of carbonyl (C=O) groups excluding carboxylic acids is 1. The lowest BCUT2D eigenvalue weighted by atomic mass is 10.1. The number of nitrogens with zero attached hydrogens (tertiary/aromatic N) is 6. The lowest BCUT2D eigenvalue weighted by Crippen LogP contribution is -2.44. The van der Waals surface area contributed by atoms with Gasteiger partial charge >= 0.3 is 5.69 Å². The summed E-state index contributed by atoms with van der Waals surface area (Å²) in [4.78, 5) is 46.0. The van der Waals surface area contributed by atoms with Gasteiger partial charge < -0.3 is 19.7 Å². The maximum Gasteiger partial charge on any atom is 0.332 e. The fourth-order valence-corrected chi connectivity index (χ4v) is 4.34. The van der Waals surface area contributed by atoms with Gasteiger partial charge in [-0.1, -0.05) is 0 Å². The number of nitrogens with one attached hydrogen (secondary N) is 1. The maximum absolute atomic E-state index is 12.5. The van der Waals surface area contributed by atoms with E-state index in [0.29, 0.717) is 30.6 Å². The number of hydrogen-bond acceptors (Lipinski definition) is 6. The van der Waals surface area contributed by atoms with E-state index >= 15 is 0 Å². The van der Waals surface area contributed by atoms with E-state index in [9.17, 15) is 14.4 Å². The molecule has 176 valence electrons. The predicted molar refractivity (Wildman–Crippen MR) is 129 cm³/mol. The molecule has 1 fully saturated rings. The summed E-state index contributed by atoms with van der Waals surface area (Å²) in [6.07, 6.45) is 2.40. The first kappa shape index (κ1) is 22.8. The number of fused-ring (bicyclic) bond motifs is 1. The molecule has 0 aliphatic carbocycles. The Morgan fingerprint density at radius 1 is 1.06 bits per heavy atom. The summed E-state index contributed by atoms with van der Waals surface area (Å²) in [6, 6.07) is 6.04. The van der Waals surface area contributed by atoms with Crippen LogP contribution in [0.5, 0.6) is 0 Å². The molecule has 4 rings (SSSR count). The van der Waals surface area contributed by atoms with Gasteiger partial charge in [0.15, 0.2) is 11.2 Å². The van der Waals surface area contributed by atoms with Crippen molar-refractivity contribution in [3.63, 3.8) is 0 Å². The number of amides is 1. The average Bonchev–Trinajstić information content (AvgIpc) is 3.21. The van der Waals surface area contributed by atoms with Crippen molar-refractivity contribution in [1.82, 2.24) is 23.6 Å². The summed E-state index contributed by atoms with van der Waals surface area (Å²) >= 11 is 0. The first-order valence-corrected chi connectivity index (χ1v) is 11.2. The standard InChI is InChI=1S/C23H31N7O3/c1-16-14-17(7-8-18(16)29-12-10-26(2)11-13-29)25-19(31)6-5-9-30-15-24-21-20(30)22(32)28(4)23(33)27(21)3/h7-8,14-15H,5-6,9-13H2,1-4H3,(H,25,31). The quantitative estimate of drug-likeness (QED) is 0.596. The van der Waals surface area contributed by atoms with Crippen molar-refractivity contribution in [1.29, 1.82) is 0 Å². The van der Waals surface area contributed by atoms with E-state index in [1.54, 1.807) is 17.9 Å². The van der Waals surface area contributed by atoms with Gasteiger partial charge in [-0.15, -0.1) is 0 Å². The molecule has 1 amide bonds. The third-order valence-corrected chi connectivity index (χ3v) is 6.34. The van der Waals surface area contributed by atoms with E-state index < -0.39 is 5.69 Å². The van der Waals surface area contributed by atoms with Gasteiger partial charge in [0.2, 0.25) is 5.91 Å². The lowest BCUT2D eigenvalue weighted by molar-refractivity contribution is -0.116. The molecule has 3 heterocycles. The summed E-state index contributed by atoms with van der Waals surface area (Å²) in [5.74, 6) is -0.0773. The molecule has 1 saturated heterocycles. The van der Waals surface area contributed by atoms with Crippen molar-refractivity contribution >= 4 is 28.4 Å². The highest BCUT2D eigenvalue weighted by Crippen LogP contribution is 2.24. The maximum atomic E-state index is 12.5. The Kier molecular flexibility index (Phi) is 6.37. The Morgan fingerprint density at radius 3 is 2.48 bits per heavy atom. The van der Waals surface area contributed by atoms with Gasteiger partial charge in [0.1, 0.15) is 0 Å². The Morgan fingerprint density at radius 2 is 1.79 bits per heavy atom. The predicted octanol–water partition coefficient (Wildman–Crippen LogP) is 0.913. The molecule has 2 aromatic heterocycles. The molecular weight excluding hydrogens is 422 g/mol. The second-order valence-electron chi connectivity index (χ2n) is 8.76. The van der Waals surface area contributed by atoms with Crippen molar-refractivity contribution in [2.45, 2.75) is 26.3 Å². The van der Waals surface area contributed by atoms with E-state index in [0.717, 1.165) is 42.0 Å². The molecule has 10 nitrogen and oxygen atoms in total. The number of likely N-dealkylation sites (N-methyl/N-ethyl adjacent to an activating group) is 1. The molecule has 0 radical (unpaired) electrons. The molecule has 1 aliphatic heterocycles. The normalized spacial score (nSPS) is 14.7. The van der Waals surface area contributed by atoms with Gasteiger partial charge in [0, 0.05) is 64.6 Å². The van der Waals surface area contributed by atoms with Crippen LogP contribution < -0.4 is 21.5 Å². The van der Waals surface area contributed by atoms with Crippen LogP contribution in [0.2, 0.25) is 0 Å². The minimum Gasteiger partial charge on any atom is -0.369 e. The topological polar surface area (TPSA) is 97.4 Å². The molecule has 0 saturated carbocycles. The molecule has 10 heteroatoms. The molecule has 0 spiro atoms. The van der Waals surface area contributed by atoms with E-state index in [1.165, 1.54) is 17.3 Å². The number of aryl methyl sites for hydroxylation is 3. The highest BCUT2D eigenvalue weighted by atomic mass is 16.2. The highest BCUT2D eigenvalue weighted by molar-refractivity contribution is 5.91. The van der Waals surface area contributed by atoms with Crippen molar-refractivity contribution < 1.29 is 4.79 Å². The Balaban J connectivity index is 1.36. The molecule has 0 atom stereocenters.